The van der Waals surface area contributed by atoms with E-state index in [0.717, 1.165) is 31.7 Å². The van der Waals surface area contributed by atoms with Gasteiger partial charge in [-0.15, -0.1) is 0 Å². The van der Waals surface area contributed by atoms with Gasteiger partial charge in [-0.05, 0) is 60.6 Å². The lowest BCUT2D eigenvalue weighted by atomic mass is 9.78. The molecular weight excluding hydrogens is 408 g/mol. The van der Waals surface area contributed by atoms with Crippen molar-refractivity contribution in [2.24, 2.45) is 11.8 Å². The molecule has 1 saturated heterocycles. The Balaban J connectivity index is 1.34. The van der Waals surface area contributed by atoms with Gasteiger partial charge in [0, 0.05) is 32.2 Å². The number of nitrogens with one attached hydrogen (secondary N) is 1. The summed E-state index contributed by atoms with van der Waals surface area (Å²) in [4.78, 5) is 25.4. The minimum Gasteiger partial charge on any atom is -0.488 e. The molecule has 4 rings (SSSR count). The summed E-state index contributed by atoms with van der Waals surface area (Å²) in [5.74, 6) is 1.00. The van der Waals surface area contributed by atoms with E-state index in [9.17, 15) is 14.7 Å². The molecule has 2 N–H and O–H groups in total. The molecule has 1 heterocycles. The minimum absolute atomic E-state index is 0.0753. The maximum atomic E-state index is 11.8. The number of carbonyl (C=O) groups excluding carboxylic acids is 2. The van der Waals surface area contributed by atoms with Crippen molar-refractivity contribution in [1.82, 2.24) is 4.90 Å². The van der Waals surface area contributed by atoms with Crippen LogP contribution in [0.4, 0.5) is 5.69 Å². The van der Waals surface area contributed by atoms with Crippen molar-refractivity contribution < 1.29 is 24.2 Å². The second kappa shape index (κ2) is 9.71. The minimum atomic E-state index is -0.532. The van der Waals surface area contributed by atoms with E-state index in [4.69, 9.17) is 9.47 Å². The molecule has 0 radical (unpaired) electrons. The van der Waals surface area contributed by atoms with Crippen LogP contribution in [0.3, 0.4) is 0 Å². The third kappa shape index (κ3) is 5.29. The van der Waals surface area contributed by atoms with E-state index < -0.39 is 12.1 Å². The van der Waals surface area contributed by atoms with Crippen molar-refractivity contribution >= 4 is 17.6 Å². The zero-order valence-corrected chi connectivity index (χ0v) is 18.5. The van der Waals surface area contributed by atoms with E-state index in [1.807, 2.05) is 24.3 Å². The van der Waals surface area contributed by atoms with Gasteiger partial charge >= 0.3 is 5.97 Å². The number of fused-ring (bicyclic) bond motifs is 1. The number of hydrogen-bond acceptors (Lipinski definition) is 6. The topological polar surface area (TPSA) is 88.1 Å². The maximum absolute atomic E-state index is 11.8. The molecule has 2 aromatic rings. The molecule has 1 saturated carbocycles. The van der Waals surface area contributed by atoms with Crippen LogP contribution in [-0.4, -0.2) is 54.3 Å². The van der Waals surface area contributed by atoms with Gasteiger partial charge in [0.2, 0.25) is 5.91 Å². The first-order valence-electron chi connectivity index (χ1n) is 11.0. The summed E-state index contributed by atoms with van der Waals surface area (Å²) < 4.78 is 10.9. The molecule has 2 fully saturated rings. The molecule has 7 heteroatoms. The van der Waals surface area contributed by atoms with Crippen LogP contribution in [0.5, 0.6) is 5.75 Å². The summed E-state index contributed by atoms with van der Waals surface area (Å²) in [6.07, 6.45) is 0.673. The molecule has 2 aliphatic rings. The molecule has 4 atom stereocenters. The number of hydrogen-bond donors (Lipinski definition) is 2. The second-order valence-electron chi connectivity index (χ2n) is 8.81. The van der Waals surface area contributed by atoms with E-state index in [2.05, 4.69) is 10.2 Å². The number of methoxy groups -OCH3 is 1. The van der Waals surface area contributed by atoms with Crippen LogP contribution in [0.1, 0.15) is 35.7 Å². The van der Waals surface area contributed by atoms with E-state index in [1.54, 1.807) is 24.3 Å². The van der Waals surface area contributed by atoms with Crippen LogP contribution in [0.2, 0.25) is 0 Å². The van der Waals surface area contributed by atoms with Crippen molar-refractivity contribution in [2.75, 3.05) is 25.5 Å². The zero-order valence-electron chi connectivity index (χ0n) is 18.5. The average Bonchev–Trinajstić information content (AvgIpc) is 3.15. The van der Waals surface area contributed by atoms with Crippen molar-refractivity contribution in [3.63, 3.8) is 0 Å². The highest BCUT2D eigenvalue weighted by Crippen LogP contribution is 2.38. The van der Waals surface area contributed by atoms with Crippen molar-refractivity contribution in [3.8, 4) is 5.75 Å². The fourth-order valence-electron chi connectivity index (χ4n) is 4.89. The number of esters is 1. The van der Waals surface area contributed by atoms with Crippen LogP contribution in [-0.2, 0) is 16.1 Å². The Morgan fingerprint density at radius 1 is 1.09 bits per heavy atom. The molecular formula is C25H30N2O5. The summed E-state index contributed by atoms with van der Waals surface area (Å²) >= 11 is 0. The molecule has 0 spiro atoms. The number of nitrogens with zero attached hydrogens (tertiary/aromatic N) is 1. The van der Waals surface area contributed by atoms with Gasteiger partial charge in [0.1, 0.15) is 11.9 Å². The van der Waals surface area contributed by atoms with E-state index >= 15 is 0 Å². The first kappa shape index (κ1) is 22.3. The smallest absolute Gasteiger partial charge is 0.337 e. The molecule has 0 bridgehead atoms. The zero-order chi connectivity index (χ0) is 22.7. The lowest BCUT2D eigenvalue weighted by molar-refractivity contribution is -0.114. The molecule has 1 amide bonds. The summed E-state index contributed by atoms with van der Waals surface area (Å²) in [6.45, 7) is 4.27. The van der Waals surface area contributed by atoms with Gasteiger partial charge < -0.3 is 19.9 Å². The van der Waals surface area contributed by atoms with E-state index in [1.165, 1.54) is 19.6 Å². The third-order valence-electron chi connectivity index (χ3n) is 6.38. The Hall–Kier alpha value is -2.90. The molecule has 0 unspecified atom stereocenters. The first-order chi connectivity index (χ1) is 15.4. The van der Waals surface area contributed by atoms with Gasteiger partial charge in [-0.1, -0.05) is 18.2 Å². The number of anilines is 1. The van der Waals surface area contributed by atoms with E-state index in [-0.39, 0.29) is 12.0 Å². The predicted octanol–water partition coefficient (Wildman–Crippen LogP) is 3.08. The standard InChI is InChI=1S/C25H30N2O5/c1-16(28)26-21-8-6-17(7-9-21)13-27-14-19-11-23(29)24(12-20(19)15-27)32-22-5-3-4-18(10-22)25(30)31-2/h3-10,19-20,23-24,29H,11-15H2,1-2H3,(H,26,28)/t19-,20+,23+,24+/m0/s1. The number of amides is 1. The first-order valence-corrected chi connectivity index (χ1v) is 11.0. The average molecular weight is 439 g/mol. The Bertz CT molecular complexity index is 961. The number of ether oxygens (including phenoxy) is 2. The predicted molar refractivity (Wildman–Crippen MR) is 120 cm³/mol. The van der Waals surface area contributed by atoms with Gasteiger partial charge in [-0.25, -0.2) is 4.79 Å². The van der Waals surface area contributed by atoms with Gasteiger partial charge in [0.25, 0.3) is 0 Å². The number of aliphatic hydroxyl groups excluding tert-OH is 1. The highest BCUT2D eigenvalue weighted by molar-refractivity contribution is 5.89. The SMILES string of the molecule is COC(=O)c1cccc(O[C@@H]2C[C@@H]3CN(Cc4ccc(NC(C)=O)cc4)C[C@@H]3C[C@H]2O)c1. The summed E-state index contributed by atoms with van der Waals surface area (Å²) in [5.41, 5.74) is 2.44. The third-order valence-corrected chi connectivity index (χ3v) is 6.38. The Labute approximate surface area is 188 Å². The van der Waals surface area contributed by atoms with Gasteiger partial charge in [0.15, 0.2) is 0 Å². The number of benzene rings is 2. The van der Waals surface area contributed by atoms with Crippen molar-refractivity contribution in [1.29, 1.82) is 0 Å². The molecule has 0 aromatic heterocycles. The number of rotatable bonds is 6. The normalized spacial score (nSPS) is 25.1. The summed E-state index contributed by atoms with van der Waals surface area (Å²) in [6, 6.07) is 14.8. The summed E-state index contributed by atoms with van der Waals surface area (Å²) in [7, 11) is 1.35. The Kier molecular flexibility index (Phi) is 6.77. The quantitative estimate of drug-likeness (QED) is 0.674. The Morgan fingerprint density at radius 2 is 1.81 bits per heavy atom. The molecule has 32 heavy (non-hydrogen) atoms. The van der Waals surface area contributed by atoms with Crippen LogP contribution in [0, 0.1) is 11.8 Å². The molecule has 7 nitrogen and oxygen atoms in total. The lowest BCUT2D eigenvalue weighted by Crippen LogP contribution is -2.42. The largest absolute Gasteiger partial charge is 0.488 e. The fraction of sp³-hybridized carbons (Fsp3) is 0.440. The van der Waals surface area contributed by atoms with Crippen LogP contribution < -0.4 is 10.1 Å². The lowest BCUT2D eigenvalue weighted by Gasteiger charge is -2.35. The molecule has 1 aliphatic heterocycles. The van der Waals surface area contributed by atoms with Gasteiger partial charge in [-0.3, -0.25) is 9.69 Å². The van der Waals surface area contributed by atoms with Crippen molar-refractivity contribution in [3.05, 3.63) is 59.7 Å². The number of likely N-dealkylation sites (tertiary alicyclic amines) is 1. The van der Waals surface area contributed by atoms with Gasteiger partial charge in [-0.2, -0.15) is 0 Å². The van der Waals surface area contributed by atoms with Crippen LogP contribution >= 0.6 is 0 Å². The second-order valence-corrected chi connectivity index (χ2v) is 8.81. The number of aliphatic hydroxyl groups is 1. The monoisotopic (exact) mass is 438 g/mol. The number of carbonyl (C=O) groups is 2. The highest BCUT2D eigenvalue weighted by atomic mass is 16.5. The fourth-order valence-corrected chi connectivity index (χ4v) is 4.89. The van der Waals surface area contributed by atoms with Crippen molar-refractivity contribution in [2.45, 2.75) is 38.5 Å². The summed E-state index contributed by atoms with van der Waals surface area (Å²) in [5, 5.41) is 13.5. The highest BCUT2D eigenvalue weighted by Gasteiger charge is 2.42. The van der Waals surface area contributed by atoms with E-state index in [0.29, 0.717) is 29.6 Å². The van der Waals surface area contributed by atoms with Gasteiger partial charge in [0.05, 0.1) is 18.8 Å². The molecule has 2 aromatic carbocycles. The Morgan fingerprint density at radius 3 is 2.50 bits per heavy atom. The molecule has 1 aliphatic carbocycles. The van der Waals surface area contributed by atoms with Crippen LogP contribution in [0.15, 0.2) is 48.5 Å². The molecule has 170 valence electrons. The van der Waals surface area contributed by atoms with Crippen LogP contribution in [0.25, 0.3) is 0 Å². The maximum Gasteiger partial charge on any atom is 0.337 e.